The molecule has 0 saturated carbocycles. The van der Waals surface area contributed by atoms with Gasteiger partial charge in [-0.1, -0.05) is 12.1 Å². The van der Waals surface area contributed by atoms with Crippen molar-refractivity contribution in [1.82, 2.24) is 4.98 Å². The zero-order valence-electron chi connectivity index (χ0n) is 9.17. The number of aromatic nitrogens is 1. The van der Waals surface area contributed by atoms with E-state index in [0.29, 0.717) is 4.47 Å². The summed E-state index contributed by atoms with van der Waals surface area (Å²) in [5, 5.41) is 0. The standard InChI is InChI=1S/C11H10BrN3O2S/c12-7-3-1-2-4-8(7)18(16,17)9-5-6-10(13)15-11(9)14/h1-6H,(H4,13,14,15). The summed E-state index contributed by atoms with van der Waals surface area (Å²) >= 11 is 3.20. The van der Waals surface area contributed by atoms with Crippen LogP contribution in [0.1, 0.15) is 0 Å². The Balaban J connectivity index is 2.66. The van der Waals surface area contributed by atoms with Gasteiger partial charge in [0, 0.05) is 4.47 Å². The second-order valence-corrected chi connectivity index (χ2v) is 6.29. The van der Waals surface area contributed by atoms with Gasteiger partial charge in [0.25, 0.3) is 0 Å². The van der Waals surface area contributed by atoms with Crippen LogP contribution in [0.2, 0.25) is 0 Å². The lowest BCUT2D eigenvalue weighted by Crippen LogP contribution is -2.08. The highest BCUT2D eigenvalue weighted by atomic mass is 79.9. The van der Waals surface area contributed by atoms with Crippen LogP contribution < -0.4 is 11.5 Å². The molecular formula is C11H10BrN3O2S. The molecular weight excluding hydrogens is 318 g/mol. The number of benzene rings is 1. The molecule has 94 valence electrons. The summed E-state index contributed by atoms with van der Waals surface area (Å²) in [6.45, 7) is 0. The lowest BCUT2D eigenvalue weighted by molar-refractivity contribution is 0.595. The fourth-order valence-corrected chi connectivity index (χ4v) is 3.80. The first-order chi connectivity index (χ1) is 8.43. The Kier molecular flexibility index (Phi) is 3.27. The SMILES string of the molecule is Nc1ccc(S(=O)(=O)c2ccccc2Br)c(N)n1. The van der Waals surface area contributed by atoms with E-state index in [1.165, 1.54) is 18.2 Å². The third-order valence-electron chi connectivity index (χ3n) is 2.32. The minimum absolute atomic E-state index is 0.0522. The highest BCUT2D eigenvalue weighted by Crippen LogP contribution is 2.30. The summed E-state index contributed by atoms with van der Waals surface area (Å²) < 4.78 is 25.3. The van der Waals surface area contributed by atoms with Gasteiger partial charge in [0.05, 0.1) is 4.90 Å². The smallest absolute Gasteiger partial charge is 0.211 e. The quantitative estimate of drug-likeness (QED) is 0.876. The van der Waals surface area contributed by atoms with E-state index in [9.17, 15) is 8.42 Å². The first-order valence-electron chi connectivity index (χ1n) is 4.94. The van der Waals surface area contributed by atoms with Gasteiger partial charge < -0.3 is 11.5 Å². The minimum Gasteiger partial charge on any atom is -0.384 e. The van der Waals surface area contributed by atoms with E-state index >= 15 is 0 Å². The second kappa shape index (κ2) is 4.58. The molecule has 2 aromatic rings. The summed E-state index contributed by atoms with van der Waals surface area (Å²) in [6, 6.07) is 9.27. The van der Waals surface area contributed by atoms with Crippen molar-refractivity contribution in [2.24, 2.45) is 0 Å². The molecule has 0 saturated heterocycles. The molecule has 0 aliphatic carbocycles. The van der Waals surface area contributed by atoms with Crippen LogP contribution in [-0.2, 0) is 9.84 Å². The van der Waals surface area contributed by atoms with Crippen LogP contribution in [-0.4, -0.2) is 13.4 Å². The molecule has 0 aliphatic rings. The van der Waals surface area contributed by atoms with Crippen molar-refractivity contribution in [3.63, 3.8) is 0 Å². The fraction of sp³-hybridized carbons (Fsp3) is 0. The molecule has 1 aromatic carbocycles. The summed E-state index contributed by atoms with van der Waals surface area (Å²) in [4.78, 5) is 3.85. The molecule has 1 aromatic heterocycles. The van der Waals surface area contributed by atoms with Crippen LogP contribution >= 0.6 is 15.9 Å². The van der Waals surface area contributed by atoms with Crippen LogP contribution in [0.15, 0.2) is 50.7 Å². The van der Waals surface area contributed by atoms with Crippen molar-refractivity contribution in [1.29, 1.82) is 0 Å². The number of nitrogen functional groups attached to an aromatic ring is 2. The number of nitrogens with zero attached hydrogens (tertiary/aromatic N) is 1. The average Bonchev–Trinajstić information content (AvgIpc) is 2.28. The molecule has 2 rings (SSSR count). The normalized spacial score (nSPS) is 11.4. The molecule has 0 unspecified atom stereocenters. The van der Waals surface area contributed by atoms with Gasteiger partial charge in [-0.05, 0) is 40.2 Å². The number of hydrogen-bond acceptors (Lipinski definition) is 5. The van der Waals surface area contributed by atoms with Crippen molar-refractivity contribution in [3.05, 3.63) is 40.9 Å². The number of nitrogens with two attached hydrogens (primary N) is 2. The highest BCUT2D eigenvalue weighted by Gasteiger charge is 2.23. The van der Waals surface area contributed by atoms with Crippen LogP contribution in [0.3, 0.4) is 0 Å². The fourth-order valence-electron chi connectivity index (χ4n) is 1.49. The number of halogens is 1. The molecule has 0 atom stereocenters. The zero-order chi connectivity index (χ0) is 13.3. The number of rotatable bonds is 2. The molecule has 7 heteroatoms. The Labute approximate surface area is 113 Å². The predicted molar refractivity (Wildman–Crippen MR) is 72.7 cm³/mol. The highest BCUT2D eigenvalue weighted by molar-refractivity contribution is 9.10. The predicted octanol–water partition coefficient (Wildman–Crippen LogP) is 1.84. The number of hydrogen-bond donors (Lipinski definition) is 2. The zero-order valence-corrected chi connectivity index (χ0v) is 11.6. The van der Waals surface area contributed by atoms with Gasteiger partial charge in [-0.3, -0.25) is 0 Å². The Morgan fingerprint density at radius 2 is 1.67 bits per heavy atom. The van der Waals surface area contributed by atoms with Crippen LogP contribution in [0.5, 0.6) is 0 Å². The summed E-state index contributed by atoms with van der Waals surface area (Å²) in [6.07, 6.45) is 0. The van der Waals surface area contributed by atoms with E-state index in [2.05, 4.69) is 20.9 Å². The maximum absolute atomic E-state index is 12.4. The van der Waals surface area contributed by atoms with E-state index < -0.39 is 9.84 Å². The van der Waals surface area contributed by atoms with Crippen LogP contribution in [0, 0.1) is 0 Å². The number of anilines is 2. The van der Waals surface area contributed by atoms with Crippen LogP contribution in [0.25, 0.3) is 0 Å². The molecule has 0 spiro atoms. The van der Waals surface area contributed by atoms with Crippen LogP contribution in [0.4, 0.5) is 11.6 Å². The molecule has 0 radical (unpaired) electrons. The molecule has 0 aliphatic heterocycles. The van der Waals surface area contributed by atoms with E-state index in [-0.39, 0.29) is 21.4 Å². The van der Waals surface area contributed by atoms with Gasteiger partial charge in [-0.15, -0.1) is 0 Å². The Bertz CT molecular complexity index is 701. The van der Waals surface area contributed by atoms with Crippen molar-refractivity contribution in [3.8, 4) is 0 Å². The molecule has 0 amide bonds. The molecule has 18 heavy (non-hydrogen) atoms. The Morgan fingerprint density at radius 3 is 2.28 bits per heavy atom. The largest absolute Gasteiger partial charge is 0.384 e. The molecule has 0 fully saturated rings. The topological polar surface area (TPSA) is 99.1 Å². The first kappa shape index (κ1) is 12.8. The average molecular weight is 328 g/mol. The Morgan fingerprint density at radius 1 is 1.00 bits per heavy atom. The van der Waals surface area contributed by atoms with E-state index in [1.807, 2.05) is 0 Å². The maximum Gasteiger partial charge on any atom is 0.211 e. The van der Waals surface area contributed by atoms with Gasteiger partial charge in [-0.25, -0.2) is 13.4 Å². The first-order valence-corrected chi connectivity index (χ1v) is 7.22. The van der Waals surface area contributed by atoms with Gasteiger partial charge in [0.1, 0.15) is 16.5 Å². The van der Waals surface area contributed by atoms with Crippen molar-refractivity contribution in [2.45, 2.75) is 9.79 Å². The van der Waals surface area contributed by atoms with E-state index in [4.69, 9.17) is 11.5 Å². The molecule has 0 bridgehead atoms. The van der Waals surface area contributed by atoms with Gasteiger partial charge in [-0.2, -0.15) is 0 Å². The monoisotopic (exact) mass is 327 g/mol. The summed E-state index contributed by atoms with van der Waals surface area (Å²) in [5.74, 6) is 0.0735. The number of pyridine rings is 1. The third kappa shape index (κ3) is 2.19. The summed E-state index contributed by atoms with van der Waals surface area (Å²) in [7, 11) is -3.71. The van der Waals surface area contributed by atoms with Crippen molar-refractivity contribution < 1.29 is 8.42 Å². The van der Waals surface area contributed by atoms with Gasteiger partial charge in [0.2, 0.25) is 9.84 Å². The molecule has 5 nitrogen and oxygen atoms in total. The maximum atomic E-state index is 12.4. The number of sulfone groups is 1. The van der Waals surface area contributed by atoms with Crippen molar-refractivity contribution in [2.75, 3.05) is 11.5 Å². The van der Waals surface area contributed by atoms with Crippen molar-refractivity contribution >= 4 is 37.4 Å². The lowest BCUT2D eigenvalue weighted by Gasteiger charge is -2.08. The van der Waals surface area contributed by atoms with E-state index in [1.54, 1.807) is 18.2 Å². The third-order valence-corrected chi connectivity index (χ3v) is 5.14. The van der Waals surface area contributed by atoms with Gasteiger partial charge in [0.15, 0.2) is 0 Å². The Hall–Kier alpha value is -1.60. The van der Waals surface area contributed by atoms with Gasteiger partial charge >= 0.3 is 0 Å². The minimum atomic E-state index is -3.71. The second-order valence-electron chi connectivity index (χ2n) is 3.55. The van der Waals surface area contributed by atoms with E-state index in [0.717, 1.165) is 0 Å². The lowest BCUT2D eigenvalue weighted by atomic mass is 10.4. The molecule has 4 N–H and O–H groups in total. The summed E-state index contributed by atoms with van der Waals surface area (Å²) in [5.41, 5.74) is 11.1. The molecule has 1 heterocycles.